The number of anilines is 1. The molecule has 0 radical (unpaired) electrons. The van der Waals surface area contributed by atoms with Crippen molar-refractivity contribution < 1.29 is 14.0 Å². The van der Waals surface area contributed by atoms with Gasteiger partial charge in [0.1, 0.15) is 5.82 Å². The lowest BCUT2D eigenvalue weighted by Crippen LogP contribution is -2.32. The Hall–Kier alpha value is -4.07. The number of carbonyl (C=O) groups excluding carboxylic acids is 2. The van der Waals surface area contributed by atoms with E-state index in [2.05, 4.69) is 15.7 Å². The Kier molecular flexibility index (Phi) is 5.68. The second kappa shape index (κ2) is 8.58. The molecule has 0 fully saturated rings. The first-order valence-electron chi connectivity index (χ1n) is 10.0. The highest BCUT2D eigenvalue weighted by Gasteiger charge is 2.29. The second-order valence-electron chi connectivity index (χ2n) is 7.64. The molecule has 1 aliphatic heterocycles. The average Bonchev–Trinajstić information content (AvgIpc) is 2.77. The molecule has 2 heterocycles. The van der Waals surface area contributed by atoms with Gasteiger partial charge in [-0.15, -0.1) is 0 Å². The summed E-state index contributed by atoms with van der Waals surface area (Å²) < 4.78 is 14.6. The topological polar surface area (TPSA) is 93.1 Å². The van der Waals surface area contributed by atoms with Crippen molar-refractivity contribution in [3.05, 3.63) is 93.7 Å². The van der Waals surface area contributed by atoms with E-state index >= 15 is 0 Å². The summed E-state index contributed by atoms with van der Waals surface area (Å²) in [7, 11) is 1.57. The van der Waals surface area contributed by atoms with Crippen molar-refractivity contribution in [1.29, 1.82) is 0 Å². The number of halogens is 1. The molecule has 1 aliphatic rings. The first kappa shape index (κ1) is 21.2. The van der Waals surface area contributed by atoms with Gasteiger partial charge in [-0.2, -0.15) is 5.10 Å². The molecule has 0 aliphatic carbocycles. The summed E-state index contributed by atoms with van der Waals surface area (Å²) in [6.07, 6.45) is 1.49. The molecule has 3 aromatic rings. The predicted octanol–water partition coefficient (Wildman–Crippen LogP) is 3.02. The standard InChI is InChI=1S/C24H21FN4O3/c1-14-3-4-16(20-9-10-23(31)29(2)28-20)11-21(14)27-24(32)19-13-26-22(30)12-18(19)15-5-7-17(25)8-6-15/h3-11,13,18H,12H2,1-2H3,(H,26,30)(H,27,32)/t18-/m0/s1. The fourth-order valence-corrected chi connectivity index (χ4v) is 3.60. The smallest absolute Gasteiger partial charge is 0.266 e. The molecule has 8 heteroatoms. The van der Waals surface area contributed by atoms with Crippen molar-refractivity contribution in [1.82, 2.24) is 15.1 Å². The third kappa shape index (κ3) is 4.34. The molecule has 2 aromatic carbocycles. The summed E-state index contributed by atoms with van der Waals surface area (Å²) in [4.78, 5) is 36.7. The number of hydrogen-bond acceptors (Lipinski definition) is 4. The molecular weight excluding hydrogens is 411 g/mol. The summed E-state index contributed by atoms with van der Waals surface area (Å²) in [5.41, 5.74) is 3.60. The molecule has 0 unspecified atom stereocenters. The molecule has 162 valence electrons. The Morgan fingerprint density at radius 2 is 1.88 bits per heavy atom. The fraction of sp³-hybridized carbons (Fsp3) is 0.167. The zero-order valence-electron chi connectivity index (χ0n) is 17.6. The predicted molar refractivity (Wildman–Crippen MR) is 118 cm³/mol. The molecule has 0 saturated heterocycles. The van der Waals surface area contributed by atoms with Gasteiger partial charge >= 0.3 is 0 Å². The zero-order chi connectivity index (χ0) is 22.8. The maximum Gasteiger partial charge on any atom is 0.266 e. The van der Waals surface area contributed by atoms with Gasteiger partial charge in [-0.05, 0) is 42.3 Å². The van der Waals surface area contributed by atoms with Crippen LogP contribution in [0, 0.1) is 12.7 Å². The molecule has 1 aromatic heterocycles. The first-order valence-corrected chi connectivity index (χ1v) is 10.0. The molecular formula is C24H21FN4O3. The van der Waals surface area contributed by atoms with E-state index in [4.69, 9.17) is 0 Å². The number of amides is 2. The van der Waals surface area contributed by atoms with Gasteiger partial charge in [-0.1, -0.05) is 24.3 Å². The van der Waals surface area contributed by atoms with Crippen LogP contribution in [0.25, 0.3) is 11.3 Å². The van der Waals surface area contributed by atoms with E-state index in [1.165, 1.54) is 29.1 Å². The maximum atomic E-state index is 13.3. The first-order chi connectivity index (χ1) is 15.3. The van der Waals surface area contributed by atoms with E-state index < -0.39 is 5.92 Å². The van der Waals surface area contributed by atoms with Gasteiger partial charge in [-0.25, -0.2) is 9.07 Å². The van der Waals surface area contributed by atoms with E-state index in [1.54, 1.807) is 31.3 Å². The number of nitrogens with zero attached hydrogens (tertiary/aromatic N) is 2. The van der Waals surface area contributed by atoms with Gasteiger partial charge in [-0.3, -0.25) is 14.4 Å². The lowest BCUT2D eigenvalue weighted by molar-refractivity contribution is -0.121. The van der Waals surface area contributed by atoms with Crippen molar-refractivity contribution in [2.45, 2.75) is 19.3 Å². The van der Waals surface area contributed by atoms with Crippen LogP contribution in [0.15, 0.2) is 71.2 Å². The third-order valence-electron chi connectivity index (χ3n) is 5.43. The molecule has 32 heavy (non-hydrogen) atoms. The molecule has 1 atom stereocenters. The van der Waals surface area contributed by atoms with Crippen LogP contribution in [-0.4, -0.2) is 21.6 Å². The maximum absolute atomic E-state index is 13.3. The van der Waals surface area contributed by atoms with Crippen LogP contribution in [0.4, 0.5) is 10.1 Å². The number of carbonyl (C=O) groups is 2. The van der Waals surface area contributed by atoms with Crippen molar-refractivity contribution in [3.8, 4) is 11.3 Å². The monoisotopic (exact) mass is 432 g/mol. The van der Waals surface area contributed by atoms with Gasteiger partial charge < -0.3 is 10.6 Å². The largest absolute Gasteiger partial charge is 0.332 e. The minimum atomic E-state index is -0.488. The van der Waals surface area contributed by atoms with Gasteiger partial charge in [0, 0.05) is 48.5 Å². The van der Waals surface area contributed by atoms with Crippen molar-refractivity contribution in [2.75, 3.05) is 5.32 Å². The van der Waals surface area contributed by atoms with Crippen molar-refractivity contribution in [2.24, 2.45) is 7.05 Å². The van der Waals surface area contributed by atoms with Crippen LogP contribution in [0.3, 0.4) is 0 Å². The van der Waals surface area contributed by atoms with Crippen LogP contribution in [0.2, 0.25) is 0 Å². The highest BCUT2D eigenvalue weighted by molar-refractivity contribution is 6.07. The van der Waals surface area contributed by atoms with E-state index in [0.717, 1.165) is 11.1 Å². The highest BCUT2D eigenvalue weighted by Crippen LogP contribution is 2.32. The van der Waals surface area contributed by atoms with E-state index in [-0.39, 0.29) is 29.6 Å². The minimum Gasteiger partial charge on any atom is -0.332 e. The quantitative estimate of drug-likeness (QED) is 0.663. The molecule has 0 saturated carbocycles. The van der Waals surface area contributed by atoms with E-state index in [9.17, 15) is 18.8 Å². The molecule has 2 amide bonds. The summed E-state index contributed by atoms with van der Waals surface area (Å²) in [5.74, 6) is -1.45. The number of benzene rings is 2. The van der Waals surface area contributed by atoms with Crippen LogP contribution in [0.1, 0.15) is 23.5 Å². The van der Waals surface area contributed by atoms with Crippen LogP contribution in [-0.2, 0) is 16.6 Å². The molecule has 2 N–H and O–H groups in total. The van der Waals surface area contributed by atoms with Gasteiger partial charge in [0.15, 0.2) is 0 Å². The van der Waals surface area contributed by atoms with Crippen LogP contribution in [0.5, 0.6) is 0 Å². The Morgan fingerprint density at radius 3 is 2.59 bits per heavy atom. The minimum absolute atomic E-state index is 0.0892. The Balaban J connectivity index is 1.63. The van der Waals surface area contributed by atoms with Crippen molar-refractivity contribution >= 4 is 17.5 Å². The normalized spacial score (nSPS) is 15.7. The van der Waals surface area contributed by atoms with Crippen molar-refractivity contribution in [3.63, 3.8) is 0 Å². The number of aryl methyl sites for hydroxylation is 2. The summed E-state index contributed by atoms with van der Waals surface area (Å²) >= 11 is 0. The third-order valence-corrected chi connectivity index (χ3v) is 5.43. The van der Waals surface area contributed by atoms with Gasteiger partial charge in [0.25, 0.3) is 11.5 Å². The summed E-state index contributed by atoms with van der Waals surface area (Å²) in [6.45, 7) is 1.86. The Morgan fingerprint density at radius 1 is 1.12 bits per heavy atom. The summed E-state index contributed by atoms with van der Waals surface area (Å²) in [5, 5.41) is 9.76. The molecule has 7 nitrogen and oxygen atoms in total. The zero-order valence-corrected chi connectivity index (χ0v) is 17.6. The summed E-state index contributed by atoms with van der Waals surface area (Å²) in [6, 6.07) is 14.3. The van der Waals surface area contributed by atoms with Crippen LogP contribution < -0.4 is 16.2 Å². The van der Waals surface area contributed by atoms with Gasteiger partial charge in [0.2, 0.25) is 5.91 Å². The average molecular weight is 432 g/mol. The second-order valence-corrected chi connectivity index (χ2v) is 7.64. The number of nitrogens with one attached hydrogen (secondary N) is 2. The molecule has 0 bridgehead atoms. The Labute approximate surface area is 183 Å². The van der Waals surface area contributed by atoms with Gasteiger partial charge in [0.05, 0.1) is 5.69 Å². The number of rotatable bonds is 4. The SMILES string of the molecule is Cc1ccc(-c2ccc(=O)n(C)n2)cc1NC(=O)C1=CNC(=O)C[C@H]1c1ccc(F)cc1. The Bertz CT molecular complexity index is 1300. The van der Waals surface area contributed by atoms with Crippen LogP contribution >= 0.6 is 0 Å². The highest BCUT2D eigenvalue weighted by atomic mass is 19.1. The van der Waals surface area contributed by atoms with E-state index in [1.807, 2.05) is 19.1 Å². The number of hydrogen-bond donors (Lipinski definition) is 2. The molecule has 4 rings (SSSR count). The lowest BCUT2D eigenvalue weighted by atomic mass is 9.86. The molecule has 0 spiro atoms. The fourth-order valence-electron chi connectivity index (χ4n) is 3.60. The van der Waals surface area contributed by atoms with E-state index in [0.29, 0.717) is 22.5 Å². The number of aromatic nitrogens is 2. The lowest BCUT2D eigenvalue weighted by Gasteiger charge is -2.24.